The molecule has 0 fully saturated rings. The molecule has 0 radical (unpaired) electrons. The van der Waals surface area contributed by atoms with Crippen LogP contribution in [0.3, 0.4) is 0 Å². The predicted molar refractivity (Wildman–Crippen MR) is 77.9 cm³/mol. The van der Waals surface area contributed by atoms with Crippen molar-refractivity contribution in [1.82, 2.24) is 4.98 Å². The average molecular weight is 266 g/mol. The van der Waals surface area contributed by atoms with Crippen LogP contribution >= 0.6 is 0 Å². The molecule has 0 aliphatic rings. The minimum Gasteiger partial charge on any atom is -0.451 e. The van der Waals surface area contributed by atoms with Gasteiger partial charge in [0.05, 0.1) is 11.9 Å². The van der Waals surface area contributed by atoms with Crippen LogP contribution in [0.4, 0.5) is 5.69 Å². The van der Waals surface area contributed by atoms with Crippen molar-refractivity contribution in [3.05, 3.63) is 59.6 Å². The number of aromatic nitrogens is 1. The van der Waals surface area contributed by atoms with Gasteiger partial charge >= 0.3 is 0 Å². The van der Waals surface area contributed by atoms with Gasteiger partial charge in [0.1, 0.15) is 5.58 Å². The molecule has 0 aliphatic heterocycles. The van der Waals surface area contributed by atoms with E-state index in [2.05, 4.69) is 10.3 Å². The summed E-state index contributed by atoms with van der Waals surface area (Å²) in [6.07, 6.45) is 3.25. The summed E-state index contributed by atoms with van der Waals surface area (Å²) in [4.78, 5) is 16.2. The summed E-state index contributed by atoms with van der Waals surface area (Å²) < 4.78 is 5.66. The van der Waals surface area contributed by atoms with Crippen molar-refractivity contribution in [2.24, 2.45) is 0 Å². The van der Waals surface area contributed by atoms with Gasteiger partial charge < -0.3 is 9.73 Å². The van der Waals surface area contributed by atoms with Crippen LogP contribution in [0.25, 0.3) is 11.0 Å². The number of rotatable bonds is 2. The number of nitrogens with zero attached hydrogens (tertiary/aromatic N) is 1. The summed E-state index contributed by atoms with van der Waals surface area (Å²) in [6.45, 7) is 3.91. The number of fused-ring (bicyclic) bond motifs is 1. The molecule has 0 saturated carbocycles. The topological polar surface area (TPSA) is 55.1 Å². The van der Waals surface area contributed by atoms with Gasteiger partial charge in [-0.15, -0.1) is 0 Å². The van der Waals surface area contributed by atoms with Crippen molar-refractivity contribution in [1.29, 1.82) is 0 Å². The number of hydrogen-bond acceptors (Lipinski definition) is 3. The minimum absolute atomic E-state index is 0.260. The van der Waals surface area contributed by atoms with Crippen LogP contribution < -0.4 is 5.32 Å². The third-order valence-corrected chi connectivity index (χ3v) is 3.22. The predicted octanol–water partition coefficient (Wildman–Crippen LogP) is 3.70. The second-order valence-corrected chi connectivity index (χ2v) is 4.75. The van der Waals surface area contributed by atoms with E-state index in [1.807, 2.05) is 32.0 Å². The summed E-state index contributed by atoms with van der Waals surface area (Å²) in [7, 11) is 0. The van der Waals surface area contributed by atoms with E-state index in [4.69, 9.17) is 4.42 Å². The molecule has 4 heteroatoms. The largest absolute Gasteiger partial charge is 0.451 e. The van der Waals surface area contributed by atoms with Gasteiger partial charge in [-0.3, -0.25) is 9.78 Å². The van der Waals surface area contributed by atoms with Crippen LogP contribution in [-0.4, -0.2) is 10.9 Å². The zero-order valence-electron chi connectivity index (χ0n) is 11.3. The van der Waals surface area contributed by atoms with Gasteiger partial charge in [-0.05, 0) is 38.1 Å². The smallest absolute Gasteiger partial charge is 0.291 e. The molecular weight excluding hydrogens is 252 g/mol. The van der Waals surface area contributed by atoms with Gasteiger partial charge in [-0.25, -0.2) is 0 Å². The van der Waals surface area contributed by atoms with Crippen molar-refractivity contribution in [3.63, 3.8) is 0 Å². The molecule has 3 rings (SSSR count). The standard InChI is InChI=1S/C16H14N2O2/c1-10-5-6-14-13(8-10)11(2)15(20-14)16(19)18-12-4-3-7-17-9-12/h3-9H,1-2H3,(H,18,19). The van der Waals surface area contributed by atoms with E-state index >= 15 is 0 Å². The number of anilines is 1. The number of pyridine rings is 1. The van der Waals surface area contributed by atoms with Gasteiger partial charge in [-0.2, -0.15) is 0 Å². The van der Waals surface area contributed by atoms with Gasteiger partial charge in [-0.1, -0.05) is 11.6 Å². The highest BCUT2D eigenvalue weighted by atomic mass is 16.3. The van der Waals surface area contributed by atoms with Crippen LogP contribution in [0.5, 0.6) is 0 Å². The fraction of sp³-hybridized carbons (Fsp3) is 0.125. The van der Waals surface area contributed by atoms with Crippen molar-refractivity contribution in [3.8, 4) is 0 Å². The first-order valence-electron chi connectivity index (χ1n) is 6.36. The van der Waals surface area contributed by atoms with Crippen molar-refractivity contribution < 1.29 is 9.21 Å². The molecule has 0 atom stereocenters. The molecule has 0 saturated heterocycles. The van der Waals surface area contributed by atoms with Gasteiger partial charge in [0, 0.05) is 17.1 Å². The molecule has 4 nitrogen and oxygen atoms in total. The van der Waals surface area contributed by atoms with E-state index in [1.165, 1.54) is 0 Å². The molecule has 0 spiro atoms. The average Bonchev–Trinajstić information content (AvgIpc) is 2.77. The van der Waals surface area contributed by atoms with Crippen molar-refractivity contribution in [2.45, 2.75) is 13.8 Å². The lowest BCUT2D eigenvalue weighted by molar-refractivity contribution is 0.0998. The molecule has 0 bridgehead atoms. The van der Waals surface area contributed by atoms with Crippen LogP contribution in [-0.2, 0) is 0 Å². The summed E-state index contributed by atoms with van der Waals surface area (Å²) in [5, 5.41) is 3.75. The number of furan rings is 1. The third-order valence-electron chi connectivity index (χ3n) is 3.22. The molecule has 2 heterocycles. The van der Waals surface area contributed by atoms with Crippen LogP contribution in [0.1, 0.15) is 21.7 Å². The maximum atomic E-state index is 12.3. The molecule has 1 N–H and O–H groups in total. The van der Waals surface area contributed by atoms with E-state index in [-0.39, 0.29) is 5.91 Å². The van der Waals surface area contributed by atoms with Crippen molar-refractivity contribution in [2.75, 3.05) is 5.32 Å². The molecule has 1 aromatic carbocycles. The Kier molecular flexibility index (Phi) is 2.99. The van der Waals surface area contributed by atoms with E-state index in [0.29, 0.717) is 11.4 Å². The third kappa shape index (κ3) is 2.16. The molecule has 20 heavy (non-hydrogen) atoms. The normalized spacial score (nSPS) is 10.7. The lowest BCUT2D eigenvalue weighted by Crippen LogP contribution is -2.12. The molecule has 1 amide bonds. The number of hydrogen-bond donors (Lipinski definition) is 1. The maximum absolute atomic E-state index is 12.3. The zero-order valence-corrected chi connectivity index (χ0v) is 11.3. The molecule has 0 unspecified atom stereocenters. The SMILES string of the molecule is Cc1ccc2oc(C(=O)Nc3cccnc3)c(C)c2c1. The fourth-order valence-electron chi connectivity index (χ4n) is 2.18. The highest BCUT2D eigenvalue weighted by Crippen LogP contribution is 2.26. The Hall–Kier alpha value is -2.62. The second kappa shape index (κ2) is 4.81. The monoisotopic (exact) mass is 266 g/mol. The van der Waals surface area contributed by atoms with Crippen LogP contribution in [0, 0.1) is 13.8 Å². The summed E-state index contributed by atoms with van der Waals surface area (Å²) in [5.41, 5.74) is 3.36. The van der Waals surface area contributed by atoms with E-state index in [0.717, 1.165) is 22.1 Å². The fourth-order valence-corrected chi connectivity index (χ4v) is 2.18. The Morgan fingerprint density at radius 1 is 1.25 bits per heavy atom. The first kappa shape index (κ1) is 12.4. The lowest BCUT2D eigenvalue weighted by atomic mass is 10.1. The van der Waals surface area contributed by atoms with Gasteiger partial charge in [0.2, 0.25) is 0 Å². The second-order valence-electron chi connectivity index (χ2n) is 4.75. The molecule has 3 aromatic rings. The van der Waals surface area contributed by atoms with E-state index in [9.17, 15) is 4.79 Å². The summed E-state index contributed by atoms with van der Waals surface area (Å²) >= 11 is 0. The Morgan fingerprint density at radius 3 is 2.85 bits per heavy atom. The number of carbonyl (C=O) groups is 1. The highest BCUT2D eigenvalue weighted by Gasteiger charge is 2.17. The Bertz CT molecular complexity index is 776. The van der Waals surface area contributed by atoms with E-state index in [1.54, 1.807) is 24.5 Å². The number of nitrogens with one attached hydrogen (secondary N) is 1. The Balaban J connectivity index is 1.98. The number of amides is 1. The zero-order chi connectivity index (χ0) is 14.1. The first-order chi connectivity index (χ1) is 9.65. The molecule has 2 aromatic heterocycles. The van der Waals surface area contributed by atoms with Crippen molar-refractivity contribution >= 4 is 22.6 Å². The van der Waals surface area contributed by atoms with E-state index < -0.39 is 0 Å². The quantitative estimate of drug-likeness (QED) is 0.769. The number of aryl methyl sites for hydroxylation is 2. The van der Waals surface area contributed by atoms with Crippen LogP contribution in [0.15, 0.2) is 47.1 Å². The van der Waals surface area contributed by atoms with Gasteiger partial charge in [0.25, 0.3) is 5.91 Å². The molecular formula is C16H14N2O2. The number of benzene rings is 1. The Morgan fingerprint density at radius 2 is 2.10 bits per heavy atom. The molecule has 100 valence electrons. The van der Waals surface area contributed by atoms with Crippen LogP contribution in [0.2, 0.25) is 0 Å². The summed E-state index contributed by atoms with van der Waals surface area (Å²) in [6, 6.07) is 9.43. The molecule has 0 aliphatic carbocycles. The maximum Gasteiger partial charge on any atom is 0.291 e. The summed E-state index contributed by atoms with van der Waals surface area (Å²) in [5.74, 6) is 0.0822. The highest BCUT2D eigenvalue weighted by molar-refractivity contribution is 6.06. The Labute approximate surface area is 116 Å². The number of carbonyl (C=O) groups excluding carboxylic acids is 1. The van der Waals surface area contributed by atoms with Gasteiger partial charge in [0.15, 0.2) is 5.76 Å². The first-order valence-corrected chi connectivity index (χ1v) is 6.36. The lowest BCUT2D eigenvalue weighted by Gasteiger charge is -2.02. The minimum atomic E-state index is -0.260.